The molecular weight excluding hydrogens is 408 g/mol. The van der Waals surface area contributed by atoms with Crippen LogP contribution in [0.1, 0.15) is 43.7 Å². The van der Waals surface area contributed by atoms with Gasteiger partial charge in [-0.3, -0.25) is 9.80 Å². The van der Waals surface area contributed by atoms with Crippen LogP contribution in [-0.2, 0) is 9.53 Å². The topological polar surface area (TPSA) is 83.1 Å². The lowest BCUT2D eigenvalue weighted by Gasteiger charge is -2.41. The molecular formula is C24H34N4O4. The van der Waals surface area contributed by atoms with Gasteiger partial charge in [0.05, 0.1) is 25.8 Å². The van der Waals surface area contributed by atoms with Crippen molar-refractivity contribution in [3.63, 3.8) is 0 Å². The Balaban J connectivity index is 1.52. The first-order valence-corrected chi connectivity index (χ1v) is 11.6. The molecule has 8 heteroatoms. The van der Waals surface area contributed by atoms with Crippen LogP contribution in [0.25, 0.3) is 0 Å². The molecule has 1 unspecified atom stereocenters. The minimum atomic E-state index is -0.593. The third-order valence-corrected chi connectivity index (χ3v) is 6.87. The normalized spacial score (nSPS) is 23.4. The average molecular weight is 443 g/mol. The molecule has 1 aromatic rings. The minimum Gasteiger partial charge on any atom is -0.497 e. The fraction of sp³-hybridized carbons (Fsp3) is 0.583. The number of amides is 2. The predicted molar refractivity (Wildman–Crippen MR) is 121 cm³/mol. The van der Waals surface area contributed by atoms with Crippen LogP contribution >= 0.6 is 0 Å². The molecule has 4 rings (SSSR count). The van der Waals surface area contributed by atoms with E-state index >= 15 is 0 Å². The molecule has 2 aliphatic heterocycles. The van der Waals surface area contributed by atoms with E-state index in [1.807, 2.05) is 24.3 Å². The summed E-state index contributed by atoms with van der Waals surface area (Å²) in [6.45, 7) is 4.40. The van der Waals surface area contributed by atoms with Gasteiger partial charge in [0.1, 0.15) is 5.75 Å². The van der Waals surface area contributed by atoms with Gasteiger partial charge in [-0.2, -0.15) is 0 Å². The highest BCUT2D eigenvalue weighted by Crippen LogP contribution is 2.30. The SMILES string of the molecule is COC(=O)C1=C(CN2CCN(C3CCCCC3)CC2)NC(=O)NC1c1cccc(OC)c1. The molecule has 1 saturated heterocycles. The standard InChI is InChI=1S/C24H34N4O4/c1-31-19-10-6-7-17(15-19)22-21(23(29)32-2)20(25-24(30)26-22)16-27-11-13-28(14-12-27)18-8-4-3-5-9-18/h6-7,10,15,18,22H,3-5,8-9,11-14,16H2,1-2H3,(H2,25,26,30). The lowest BCUT2D eigenvalue weighted by Crippen LogP contribution is -2.53. The molecule has 0 spiro atoms. The first-order valence-electron chi connectivity index (χ1n) is 11.6. The van der Waals surface area contributed by atoms with Crippen LogP contribution in [0.5, 0.6) is 5.75 Å². The molecule has 0 aromatic heterocycles. The number of hydrogen-bond donors (Lipinski definition) is 2. The van der Waals surface area contributed by atoms with Crippen LogP contribution in [0, 0.1) is 0 Å². The molecule has 3 aliphatic rings. The number of carbonyl (C=O) groups excluding carboxylic acids is 2. The lowest BCUT2D eigenvalue weighted by molar-refractivity contribution is -0.136. The minimum absolute atomic E-state index is 0.318. The van der Waals surface area contributed by atoms with Crippen molar-refractivity contribution in [1.29, 1.82) is 0 Å². The Morgan fingerprint density at radius 2 is 1.84 bits per heavy atom. The number of benzene rings is 1. The highest BCUT2D eigenvalue weighted by molar-refractivity contribution is 5.95. The predicted octanol–water partition coefficient (Wildman–Crippen LogP) is 2.43. The van der Waals surface area contributed by atoms with Crippen LogP contribution < -0.4 is 15.4 Å². The van der Waals surface area contributed by atoms with Gasteiger partial charge in [0.25, 0.3) is 0 Å². The number of piperazine rings is 1. The van der Waals surface area contributed by atoms with Crippen LogP contribution in [0.15, 0.2) is 35.5 Å². The molecule has 2 amide bonds. The second-order valence-electron chi connectivity index (χ2n) is 8.80. The van der Waals surface area contributed by atoms with Crippen molar-refractivity contribution in [2.75, 3.05) is 46.9 Å². The van der Waals surface area contributed by atoms with Crippen LogP contribution in [0.3, 0.4) is 0 Å². The molecule has 0 bridgehead atoms. The summed E-state index contributed by atoms with van der Waals surface area (Å²) in [5.74, 6) is 0.223. The van der Waals surface area contributed by atoms with Crippen molar-refractivity contribution < 1.29 is 19.1 Å². The zero-order chi connectivity index (χ0) is 22.5. The number of rotatable bonds is 6. The summed E-state index contributed by atoms with van der Waals surface area (Å²) in [5, 5.41) is 5.75. The Kier molecular flexibility index (Phi) is 7.32. The molecule has 1 aromatic carbocycles. The smallest absolute Gasteiger partial charge is 0.338 e. The molecule has 2 N–H and O–H groups in total. The number of nitrogens with one attached hydrogen (secondary N) is 2. The summed E-state index contributed by atoms with van der Waals surface area (Å²) in [6, 6.07) is 7.20. The molecule has 2 heterocycles. The van der Waals surface area contributed by atoms with Gasteiger partial charge < -0.3 is 20.1 Å². The molecule has 174 valence electrons. The summed E-state index contributed by atoms with van der Waals surface area (Å²) in [6.07, 6.45) is 6.65. The number of urea groups is 1. The van der Waals surface area contributed by atoms with Crippen molar-refractivity contribution >= 4 is 12.0 Å². The number of esters is 1. The Morgan fingerprint density at radius 1 is 1.09 bits per heavy atom. The monoisotopic (exact) mass is 442 g/mol. The van der Waals surface area contributed by atoms with Crippen molar-refractivity contribution in [3.05, 3.63) is 41.1 Å². The lowest BCUT2D eigenvalue weighted by atomic mass is 9.93. The Labute approximate surface area is 189 Å². The first kappa shape index (κ1) is 22.6. The van der Waals surface area contributed by atoms with Gasteiger partial charge in [0.15, 0.2) is 0 Å². The van der Waals surface area contributed by atoms with Crippen molar-refractivity contribution in [2.24, 2.45) is 0 Å². The summed E-state index contributed by atoms with van der Waals surface area (Å²) < 4.78 is 10.4. The molecule has 1 aliphatic carbocycles. The van der Waals surface area contributed by atoms with Gasteiger partial charge in [0.2, 0.25) is 0 Å². The summed E-state index contributed by atoms with van der Waals surface area (Å²) >= 11 is 0. The van der Waals surface area contributed by atoms with Crippen molar-refractivity contribution in [2.45, 2.75) is 44.2 Å². The van der Waals surface area contributed by atoms with E-state index in [0.29, 0.717) is 29.6 Å². The fourth-order valence-corrected chi connectivity index (χ4v) is 5.12. The summed E-state index contributed by atoms with van der Waals surface area (Å²) in [7, 11) is 2.96. The zero-order valence-electron chi connectivity index (χ0n) is 19.1. The molecule has 0 radical (unpaired) electrons. The van der Waals surface area contributed by atoms with Gasteiger partial charge in [-0.1, -0.05) is 31.4 Å². The van der Waals surface area contributed by atoms with Crippen molar-refractivity contribution in [1.82, 2.24) is 20.4 Å². The van der Waals surface area contributed by atoms with E-state index in [9.17, 15) is 9.59 Å². The Bertz CT molecular complexity index is 857. The van der Waals surface area contributed by atoms with Crippen LogP contribution in [0.2, 0.25) is 0 Å². The molecule has 1 atom stereocenters. The Hall–Kier alpha value is -2.58. The number of carbonyl (C=O) groups is 2. The van der Waals surface area contributed by atoms with Gasteiger partial charge in [-0.05, 0) is 30.5 Å². The molecule has 32 heavy (non-hydrogen) atoms. The fourth-order valence-electron chi connectivity index (χ4n) is 5.12. The van der Waals surface area contributed by atoms with Crippen LogP contribution in [0.4, 0.5) is 4.79 Å². The second kappa shape index (κ2) is 10.4. The van der Waals surface area contributed by atoms with E-state index in [1.54, 1.807) is 7.11 Å². The third kappa shape index (κ3) is 5.07. The number of hydrogen-bond acceptors (Lipinski definition) is 6. The highest BCUT2D eigenvalue weighted by Gasteiger charge is 2.35. The van der Waals surface area contributed by atoms with Gasteiger partial charge in [-0.25, -0.2) is 9.59 Å². The summed E-state index contributed by atoms with van der Waals surface area (Å²) in [5.41, 5.74) is 1.83. The zero-order valence-corrected chi connectivity index (χ0v) is 19.1. The second-order valence-corrected chi connectivity index (χ2v) is 8.80. The van der Waals surface area contributed by atoms with E-state index in [0.717, 1.165) is 31.7 Å². The van der Waals surface area contributed by atoms with Crippen LogP contribution in [-0.4, -0.2) is 74.8 Å². The van der Waals surface area contributed by atoms with Gasteiger partial charge >= 0.3 is 12.0 Å². The highest BCUT2D eigenvalue weighted by atomic mass is 16.5. The number of nitrogens with zero attached hydrogens (tertiary/aromatic N) is 2. The van der Waals surface area contributed by atoms with E-state index in [4.69, 9.17) is 9.47 Å². The largest absolute Gasteiger partial charge is 0.497 e. The van der Waals surface area contributed by atoms with Gasteiger partial charge in [0, 0.05) is 44.5 Å². The maximum Gasteiger partial charge on any atom is 0.338 e. The number of methoxy groups -OCH3 is 2. The van der Waals surface area contributed by atoms with E-state index in [2.05, 4.69) is 20.4 Å². The third-order valence-electron chi connectivity index (χ3n) is 6.87. The van der Waals surface area contributed by atoms with E-state index in [1.165, 1.54) is 39.2 Å². The van der Waals surface area contributed by atoms with E-state index in [-0.39, 0.29) is 6.03 Å². The molecule has 1 saturated carbocycles. The average Bonchev–Trinajstić information content (AvgIpc) is 2.84. The maximum atomic E-state index is 12.8. The maximum absolute atomic E-state index is 12.8. The summed E-state index contributed by atoms with van der Waals surface area (Å²) in [4.78, 5) is 30.2. The van der Waals surface area contributed by atoms with Gasteiger partial charge in [-0.15, -0.1) is 0 Å². The first-order chi connectivity index (χ1) is 15.6. The van der Waals surface area contributed by atoms with E-state index < -0.39 is 12.0 Å². The molecule has 8 nitrogen and oxygen atoms in total. The number of ether oxygens (including phenoxy) is 2. The molecule has 2 fully saturated rings. The van der Waals surface area contributed by atoms with Crippen molar-refractivity contribution in [3.8, 4) is 5.75 Å². The Morgan fingerprint density at radius 3 is 2.53 bits per heavy atom. The quantitative estimate of drug-likeness (QED) is 0.659.